The van der Waals surface area contributed by atoms with Gasteiger partial charge in [0, 0.05) is 12.1 Å². The Morgan fingerprint density at radius 1 is 1.08 bits per heavy atom. The number of carboxylic acid groups (broad SMARTS) is 1. The lowest BCUT2D eigenvalue weighted by atomic mass is 9.85. The van der Waals surface area contributed by atoms with Crippen LogP contribution in [-0.4, -0.2) is 24.1 Å². The van der Waals surface area contributed by atoms with Crippen LogP contribution in [0.1, 0.15) is 31.4 Å². The third-order valence-electron chi connectivity index (χ3n) is 4.24. The predicted molar refractivity (Wildman–Crippen MR) is 97.0 cm³/mol. The van der Waals surface area contributed by atoms with Gasteiger partial charge in [0.15, 0.2) is 0 Å². The molecule has 0 bridgehead atoms. The molecule has 2 aromatic carbocycles. The first-order valence-electron chi connectivity index (χ1n) is 8.10. The van der Waals surface area contributed by atoms with Crippen LogP contribution in [0.2, 0.25) is 0 Å². The van der Waals surface area contributed by atoms with Crippen molar-refractivity contribution in [2.24, 2.45) is 0 Å². The van der Waals surface area contributed by atoms with Gasteiger partial charge in [-0.3, -0.25) is 9.59 Å². The average molecular weight is 341 g/mol. The third-order valence-corrected chi connectivity index (χ3v) is 4.24. The summed E-state index contributed by atoms with van der Waals surface area (Å²) in [5.41, 5.74) is 1.35. The molecule has 2 aromatic rings. The zero-order chi connectivity index (χ0) is 18.4. The largest absolute Gasteiger partial charge is 0.496 e. The van der Waals surface area contributed by atoms with Gasteiger partial charge in [-0.1, -0.05) is 30.3 Å². The van der Waals surface area contributed by atoms with E-state index in [4.69, 9.17) is 4.74 Å². The number of methoxy groups -OCH3 is 1. The van der Waals surface area contributed by atoms with Crippen LogP contribution in [0.4, 0.5) is 5.69 Å². The number of aliphatic carboxylic acids is 1. The van der Waals surface area contributed by atoms with Gasteiger partial charge >= 0.3 is 5.97 Å². The Labute approximate surface area is 147 Å². The predicted octanol–water partition coefficient (Wildman–Crippen LogP) is 3.63. The van der Waals surface area contributed by atoms with Crippen LogP contribution in [0.15, 0.2) is 48.5 Å². The number of hydrogen-bond donors (Lipinski definition) is 2. The Balaban J connectivity index is 1.96. The highest BCUT2D eigenvalue weighted by molar-refractivity contribution is 5.91. The Hall–Kier alpha value is -2.82. The number of nitrogens with one attached hydrogen (secondary N) is 1. The molecule has 25 heavy (non-hydrogen) atoms. The topological polar surface area (TPSA) is 75.6 Å². The van der Waals surface area contributed by atoms with Crippen molar-refractivity contribution in [3.05, 3.63) is 59.7 Å². The second-order valence-corrected chi connectivity index (χ2v) is 6.37. The van der Waals surface area contributed by atoms with Gasteiger partial charge < -0.3 is 15.2 Å². The van der Waals surface area contributed by atoms with Crippen molar-refractivity contribution in [3.63, 3.8) is 0 Å². The van der Waals surface area contributed by atoms with E-state index < -0.39 is 11.4 Å². The number of para-hydroxylation sites is 1. The van der Waals surface area contributed by atoms with Gasteiger partial charge in [0.25, 0.3) is 0 Å². The van der Waals surface area contributed by atoms with E-state index in [0.29, 0.717) is 24.1 Å². The van der Waals surface area contributed by atoms with Gasteiger partial charge in [0.05, 0.1) is 12.5 Å². The van der Waals surface area contributed by atoms with Crippen molar-refractivity contribution in [2.45, 2.75) is 32.1 Å². The maximum absolute atomic E-state index is 12.1. The highest BCUT2D eigenvalue weighted by atomic mass is 16.5. The molecule has 132 valence electrons. The molecule has 2 N–H and O–H groups in total. The van der Waals surface area contributed by atoms with Crippen molar-refractivity contribution >= 4 is 17.6 Å². The molecule has 0 spiro atoms. The molecular weight excluding hydrogens is 318 g/mol. The Morgan fingerprint density at radius 3 is 2.32 bits per heavy atom. The summed E-state index contributed by atoms with van der Waals surface area (Å²) in [6.45, 7) is 3.30. The number of anilines is 1. The van der Waals surface area contributed by atoms with Crippen molar-refractivity contribution in [3.8, 4) is 5.75 Å². The van der Waals surface area contributed by atoms with E-state index in [1.165, 1.54) is 0 Å². The van der Waals surface area contributed by atoms with Crippen LogP contribution in [0.3, 0.4) is 0 Å². The summed E-state index contributed by atoms with van der Waals surface area (Å²) in [4.78, 5) is 23.4. The van der Waals surface area contributed by atoms with E-state index >= 15 is 0 Å². The summed E-state index contributed by atoms with van der Waals surface area (Å²) < 4.78 is 5.28. The minimum atomic E-state index is -0.966. The molecule has 0 heterocycles. The first kappa shape index (κ1) is 18.5. The maximum Gasteiger partial charge on any atom is 0.313 e. The lowest BCUT2D eigenvalue weighted by Crippen LogP contribution is -2.28. The molecule has 0 aliphatic rings. The minimum absolute atomic E-state index is 0.101. The summed E-state index contributed by atoms with van der Waals surface area (Å²) in [5.74, 6) is -0.215. The fraction of sp³-hybridized carbons (Fsp3) is 0.300. The number of rotatable bonds is 7. The molecule has 0 atom stereocenters. The van der Waals surface area contributed by atoms with Crippen LogP contribution >= 0.6 is 0 Å². The second kappa shape index (κ2) is 7.83. The summed E-state index contributed by atoms with van der Waals surface area (Å²) in [7, 11) is 1.61. The fourth-order valence-corrected chi connectivity index (χ4v) is 2.47. The summed E-state index contributed by atoms with van der Waals surface area (Å²) >= 11 is 0. The van der Waals surface area contributed by atoms with Crippen LogP contribution in [-0.2, 0) is 21.4 Å². The Morgan fingerprint density at radius 2 is 1.72 bits per heavy atom. The van der Waals surface area contributed by atoms with Gasteiger partial charge in [-0.05, 0) is 49.6 Å². The zero-order valence-electron chi connectivity index (χ0n) is 14.7. The van der Waals surface area contributed by atoms with Gasteiger partial charge in [0.1, 0.15) is 5.75 Å². The smallest absolute Gasteiger partial charge is 0.313 e. The quantitative estimate of drug-likeness (QED) is 0.806. The van der Waals surface area contributed by atoms with Crippen LogP contribution in [0, 0.1) is 0 Å². The standard InChI is InChI=1S/C20H23NO4/c1-20(2,19(23)24)15-9-11-16(12-10-15)21-18(22)13-8-14-6-4-5-7-17(14)25-3/h4-7,9-12H,8,13H2,1-3H3,(H,21,22)(H,23,24). The number of benzene rings is 2. The molecule has 0 aromatic heterocycles. The van der Waals surface area contributed by atoms with Gasteiger partial charge in [-0.2, -0.15) is 0 Å². The molecule has 0 saturated heterocycles. The lowest BCUT2D eigenvalue weighted by Gasteiger charge is -2.19. The molecule has 0 aliphatic heterocycles. The molecule has 2 rings (SSSR count). The van der Waals surface area contributed by atoms with E-state index in [1.54, 1.807) is 45.2 Å². The first-order chi connectivity index (χ1) is 11.8. The second-order valence-electron chi connectivity index (χ2n) is 6.37. The van der Waals surface area contributed by atoms with Crippen LogP contribution in [0.25, 0.3) is 0 Å². The zero-order valence-corrected chi connectivity index (χ0v) is 14.7. The number of amides is 1. The first-order valence-corrected chi connectivity index (χ1v) is 8.10. The monoisotopic (exact) mass is 341 g/mol. The van der Waals surface area contributed by atoms with Crippen molar-refractivity contribution in [2.75, 3.05) is 12.4 Å². The molecule has 1 amide bonds. The highest BCUT2D eigenvalue weighted by Gasteiger charge is 2.29. The molecule has 0 unspecified atom stereocenters. The molecule has 0 fully saturated rings. The van der Waals surface area contributed by atoms with E-state index in [2.05, 4.69) is 5.32 Å². The number of aryl methyl sites for hydroxylation is 1. The molecule has 0 radical (unpaired) electrons. The van der Waals surface area contributed by atoms with E-state index in [-0.39, 0.29) is 5.91 Å². The van der Waals surface area contributed by atoms with Gasteiger partial charge in [0.2, 0.25) is 5.91 Å². The van der Waals surface area contributed by atoms with E-state index in [0.717, 1.165) is 11.3 Å². The molecule has 5 heteroatoms. The van der Waals surface area contributed by atoms with Crippen molar-refractivity contribution < 1.29 is 19.4 Å². The number of ether oxygens (including phenoxy) is 1. The van der Waals surface area contributed by atoms with Crippen LogP contribution in [0.5, 0.6) is 5.75 Å². The Kier molecular flexibility index (Phi) is 5.80. The van der Waals surface area contributed by atoms with Gasteiger partial charge in [-0.15, -0.1) is 0 Å². The fourth-order valence-electron chi connectivity index (χ4n) is 2.47. The highest BCUT2D eigenvalue weighted by Crippen LogP contribution is 2.25. The molecular formula is C20H23NO4. The summed E-state index contributed by atoms with van der Waals surface area (Å²) in [5, 5.41) is 12.1. The lowest BCUT2D eigenvalue weighted by molar-refractivity contribution is -0.142. The average Bonchev–Trinajstić information content (AvgIpc) is 2.60. The number of carbonyl (C=O) groups excluding carboxylic acids is 1. The van der Waals surface area contributed by atoms with Crippen molar-refractivity contribution in [1.82, 2.24) is 0 Å². The third kappa shape index (κ3) is 4.59. The normalized spacial score (nSPS) is 11.0. The number of carboxylic acids is 1. The minimum Gasteiger partial charge on any atom is -0.496 e. The number of hydrogen-bond acceptors (Lipinski definition) is 3. The molecule has 0 aliphatic carbocycles. The van der Waals surface area contributed by atoms with Crippen molar-refractivity contribution in [1.29, 1.82) is 0 Å². The van der Waals surface area contributed by atoms with E-state index in [9.17, 15) is 14.7 Å². The SMILES string of the molecule is COc1ccccc1CCC(=O)Nc1ccc(C(C)(C)C(=O)O)cc1. The summed E-state index contributed by atoms with van der Waals surface area (Å²) in [6.07, 6.45) is 0.919. The maximum atomic E-state index is 12.1. The van der Waals surface area contributed by atoms with Gasteiger partial charge in [-0.25, -0.2) is 0 Å². The Bertz CT molecular complexity index is 751. The summed E-state index contributed by atoms with van der Waals surface area (Å²) in [6, 6.07) is 14.5. The van der Waals surface area contributed by atoms with E-state index in [1.807, 2.05) is 24.3 Å². The molecule has 0 saturated carbocycles. The number of carbonyl (C=O) groups is 2. The molecule has 5 nitrogen and oxygen atoms in total. The van der Waals surface area contributed by atoms with Crippen LogP contribution < -0.4 is 10.1 Å².